The molecule has 0 radical (unpaired) electrons. The average Bonchev–Trinajstić information content (AvgIpc) is 3.52. The molecule has 3 rings (SSSR count). The van der Waals surface area contributed by atoms with E-state index >= 15 is 0 Å². The van der Waals surface area contributed by atoms with E-state index in [1.807, 2.05) is 30.3 Å². The van der Waals surface area contributed by atoms with Crippen LogP contribution in [0, 0.1) is 5.92 Å². The summed E-state index contributed by atoms with van der Waals surface area (Å²) in [5.74, 6) is 0.833. The largest absolute Gasteiger partial charge is 0.493 e. The molecule has 1 saturated carbocycles. The van der Waals surface area contributed by atoms with Crippen LogP contribution < -0.4 is 14.2 Å². The van der Waals surface area contributed by atoms with Gasteiger partial charge < -0.3 is 14.6 Å². The standard InChI is InChI=1S/C19H23NO5S/c1-24-17-11-10-16(12-18(17)25-2)26(22,23)20-13-19(21,15-8-9-15)14-6-4-3-5-7-14/h3-7,10-12,15,20-21H,8-9,13H2,1-2H3. The van der Waals surface area contributed by atoms with Crippen molar-refractivity contribution in [1.29, 1.82) is 0 Å². The summed E-state index contributed by atoms with van der Waals surface area (Å²) in [6, 6.07) is 13.6. The highest BCUT2D eigenvalue weighted by Crippen LogP contribution is 2.45. The molecule has 1 atom stereocenters. The monoisotopic (exact) mass is 377 g/mol. The number of hydrogen-bond donors (Lipinski definition) is 2. The zero-order valence-corrected chi connectivity index (χ0v) is 15.6. The van der Waals surface area contributed by atoms with Crippen molar-refractivity contribution >= 4 is 10.0 Å². The number of aliphatic hydroxyl groups is 1. The molecule has 0 aliphatic heterocycles. The second-order valence-corrected chi connectivity index (χ2v) is 8.17. The lowest BCUT2D eigenvalue weighted by Gasteiger charge is -2.29. The number of methoxy groups -OCH3 is 2. The maximum Gasteiger partial charge on any atom is 0.240 e. The van der Waals surface area contributed by atoms with E-state index in [-0.39, 0.29) is 17.4 Å². The van der Waals surface area contributed by atoms with Crippen molar-refractivity contribution in [2.75, 3.05) is 20.8 Å². The van der Waals surface area contributed by atoms with E-state index in [0.717, 1.165) is 18.4 Å². The molecule has 2 aromatic rings. The number of rotatable bonds is 8. The minimum atomic E-state index is -3.81. The Labute approximate surface area is 153 Å². The third-order valence-electron chi connectivity index (χ3n) is 4.72. The van der Waals surface area contributed by atoms with Gasteiger partial charge in [-0.2, -0.15) is 0 Å². The lowest BCUT2D eigenvalue weighted by Crippen LogP contribution is -2.42. The van der Waals surface area contributed by atoms with Crippen LogP contribution in [0.5, 0.6) is 11.5 Å². The molecule has 0 bridgehead atoms. The van der Waals surface area contributed by atoms with Crippen LogP contribution in [0.1, 0.15) is 18.4 Å². The van der Waals surface area contributed by atoms with Crippen LogP contribution in [-0.2, 0) is 15.6 Å². The van der Waals surface area contributed by atoms with E-state index in [1.165, 1.54) is 32.4 Å². The fourth-order valence-corrected chi connectivity index (χ4v) is 4.13. The van der Waals surface area contributed by atoms with Gasteiger partial charge in [-0.3, -0.25) is 0 Å². The second kappa shape index (κ2) is 7.26. The van der Waals surface area contributed by atoms with Gasteiger partial charge in [-0.25, -0.2) is 13.1 Å². The number of sulfonamides is 1. The van der Waals surface area contributed by atoms with Crippen LogP contribution in [0.15, 0.2) is 53.4 Å². The van der Waals surface area contributed by atoms with E-state index in [9.17, 15) is 13.5 Å². The lowest BCUT2D eigenvalue weighted by atomic mass is 9.89. The van der Waals surface area contributed by atoms with Crippen LogP contribution in [0.25, 0.3) is 0 Å². The molecule has 0 aromatic heterocycles. The molecule has 140 valence electrons. The summed E-state index contributed by atoms with van der Waals surface area (Å²) >= 11 is 0. The van der Waals surface area contributed by atoms with Crippen molar-refractivity contribution in [1.82, 2.24) is 4.72 Å². The second-order valence-electron chi connectivity index (χ2n) is 6.41. The Bertz CT molecular complexity index is 865. The molecule has 1 aliphatic rings. The van der Waals surface area contributed by atoms with Crippen LogP contribution in [0.2, 0.25) is 0 Å². The van der Waals surface area contributed by atoms with E-state index < -0.39 is 15.6 Å². The number of benzene rings is 2. The summed E-state index contributed by atoms with van der Waals surface area (Å²) < 4.78 is 38.3. The van der Waals surface area contributed by atoms with Gasteiger partial charge in [0, 0.05) is 12.6 Å². The number of ether oxygens (including phenoxy) is 2. The Morgan fingerprint density at radius 2 is 1.73 bits per heavy atom. The van der Waals surface area contributed by atoms with Crippen LogP contribution in [-0.4, -0.2) is 34.3 Å². The van der Waals surface area contributed by atoms with Gasteiger partial charge in [0.2, 0.25) is 10.0 Å². The maximum atomic E-state index is 12.7. The Balaban J connectivity index is 1.83. The lowest BCUT2D eigenvalue weighted by molar-refractivity contribution is 0.0185. The molecule has 0 spiro atoms. The van der Waals surface area contributed by atoms with Crippen molar-refractivity contribution in [3.8, 4) is 11.5 Å². The molecule has 0 amide bonds. The molecule has 1 aliphatic carbocycles. The molecule has 0 saturated heterocycles. The first-order chi connectivity index (χ1) is 12.4. The minimum absolute atomic E-state index is 0.0537. The van der Waals surface area contributed by atoms with E-state index in [4.69, 9.17) is 9.47 Å². The fraction of sp³-hybridized carbons (Fsp3) is 0.368. The Kier molecular flexibility index (Phi) is 5.22. The smallest absolute Gasteiger partial charge is 0.240 e. The summed E-state index contributed by atoms with van der Waals surface area (Å²) in [5.41, 5.74) is -0.497. The zero-order valence-electron chi connectivity index (χ0n) is 14.8. The predicted molar refractivity (Wildman–Crippen MR) is 97.8 cm³/mol. The molecular weight excluding hydrogens is 354 g/mol. The van der Waals surface area contributed by atoms with Gasteiger partial charge in [-0.15, -0.1) is 0 Å². The first-order valence-corrected chi connectivity index (χ1v) is 9.88. The van der Waals surface area contributed by atoms with Crippen molar-refractivity contribution in [2.24, 2.45) is 5.92 Å². The third-order valence-corrected chi connectivity index (χ3v) is 6.12. The van der Waals surface area contributed by atoms with Crippen molar-refractivity contribution < 1.29 is 23.0 Å². The van der Waals surface area contributed by atoms with Crippen molar-refractivity contribution in [2.45, 2.75) is 23.3 Å². The summed E-state index contributed by atoms with van der Waals surface area (Å²) in [6.07, 6.45) is 1.76. The highest BCUT2D eigenvalue weighted by Gasteiger charge is 2.45. The zero-order chi connectivity index (χ0) is 18.8. The molecule has 2 N–H and O–H groups in total. The van der Waals surface area contributed by atoms with E-state index in [1.54, 1.807) is 0 Å². The molecule has 6 nitrogen and oxygen atoms in total. The minimum Gasteiger partial charge on any atom is -0.493 e. The van der Waals surface area contributed by atoms with Gasteiger partial charge in [-0.05, 0) is 36.5 Å². The van der Waals surface area contributed by atoms with Gasteiger partial charge >= 0.3 is 0 Å². The maximum absolute atomic E-state index is 12.7. The Morgan fingerprint density at radius 3 is 2.31 bits per heavy atom. The van der Waals surface area contributed by atoms with Crippen molar-refractivity contribution in [3.05, 3.63) is 54.1 Å². The third kappa shape index (κ3) is 3.70. The van der Waals surface area contributed by atoms with E-state index in [0.29, 0.717) is 11.5 Å². The molecule has 0 heterocycles. The molecule has 7 heteroatoms. The number of nitrogens with one attached hydrogen (secondary N) is 1. The SMILES string of the molecule is COc1ccc(S(=O)(=O)NCC(O)(c2ccccc2)C2CC2)cc1OC. The highest BCUT2D eigenvalue weighted by atomic mass is 32.2. The van der Waals surface area contributed by atoms with Gasteiger partial charge in [0.15, 0.2) is 11.5 Å². The first-order valence-electron chi connectivity index (χ1n) is 8.40. The quantitative estimate of drug-likeness (QED) is 0.737. The summed E-state index contributed by atoms with van der Waals surface area (Å²) in [4.78, 5) is 0.0568. The Hall–Kier alpha value is -2.09. The Morgan fingerprint density at radius 1 is 1.08 bits per heavy atom. The molecule has 1 unspecified atom stereocenters. The fourth-order valence-electron chi connectivity index (χ4n) is 3.04. The normalized spacial score (nSPS) is 16.7. The van der Waals surface area contributed by atoms with Crippen LogP contribution in [0.3, 0.4) is 0 Å². The topological polar surface area (TPSA) is 84.9 Å². The summed E-state index contributed by atoms with van der Waals surface area (Å²) in [5, 5.41) is 11.1. The van der Waals surface area contributed by atoms with Crippen LogP contribution in [0.4, 0.5) is 0 Å². The van der Waals surface area contributed by atoms with Gasteiger partial charge in [-0.1, -0.05) is 30.3 Å². The molecule has 26 heavy (non-hydrogen) atoms. The number of hydrogen-bond acceptors (Lipinski definition) is 5. The summed E-state index contributed by atoms with van der Waals surface area (Å²) in [7, 11) is -0.877. The van der Waals surface area contributed by atoms with Crippen LogP contribution >= 0.6 is 0 Å². The highest BCUT2D eigenvalue weighted by molar-refractivity contribution is 7.89. The van der Waals surface area contributed by atoms with Gasteiger partial charge in [0.05, 0.1) is 19.1 Å². The summed E-state index contributed by atoms with van der Waals surface area (Å²) in [6.45, 7) is -0.0850. The average molecular weight is 377 g/mol. The first kappa shape index (κ1) is 18.7. The molecule has 1 fully saturated rings. The van der Waals surface area contributed by atoms with Gasteiger partial charge in [0.25, 0.3) is 0 Å². The van der Waals surface area contributed by atoms with Gasteiger partial charge in [0.1, 0.15) is 5.60 Å². The van der Waals surface area contributed by atoms with E-state index in [2.05, 4.69) is 4.72 Å². The molecular formula is C19H23NO5S. The molecule has 2 aromatic carbocycles. The predicted octanol–water partition coefficient (Wildman–Crippen LogP) is 2.28. The van der Waals surface area contributed by atoms with Crippen molar-refractivity contribution in [3.63, 3.8) is 0 Å².